The van der Waals surface area contributed by atoms with Gasteiger partial charge in [-0.1, -0.05) is 32.0 Å². The molecule has 0 aliphatic rings. The molecule has 1 rings (SSSR count). The molecule has 96 valence electrons. The largest absolute Gasteiger partial charge is 0.378 e. The zero-order valence-corrected chi connectivity index (χ0v) is 12.2. The zero-order valence-electron chi connectivity index (χ0n) is 11.4. The normalized spacial score (nSPS) is 11.4. The Balaban J connectivity index is 2.46. The van der Waals surface area contributed by atoms with E-state index in [0.717, 1.165) is 18.8 Å². The highest BCUT2D eigenvalue weighted by molar-refractivity contribution is 7.99. The third kappa shape index (κ3) is 6.13. The monoisotopic (exact) mass is 252 g/mol. The standard InChI is InChI=1S/C15H24OS/c1-12(2)11-14-7-5-6-8-15(14)17-10-9-16-13(3)4/h5-8,12-13H,9-11H2,1-4H3. The first-order valence-electron chi connectivity index (χ1n) is 6.42. The Morgan fingerprint density at radius 3 is 2.47 bits per heavy atom. The van der Waals surface area contributed by atoms with Crippen molar-refractivity contribution >= 4 is 11.8 Å². The molecule has 1 nitrogen and oxygen atoms in total. The van der Waals surface area contributed by atoms with Crippen molar-refractivity contribution in [1.82, 2.24) is 0 Å². The molecule has 0 spiro atoms. The average Bonchev–Trinajstić information content (AvgIpc) is 2.25. The first kappa shape index (κ1) is 14.6. The summed E-state index contributed by atoms with van der Waals surface area (Å²) in [6, 6.07) is 8.71. The second-order valence-corrected chi connectivity index (χ2v) is 6.11. The fraction of sp³-hybridized carbons (Fsp3) is 0.600. The third-order valence-corrected chi connectivity index (χ3v) is 3.47. The first-order chi connectivity index (χ1) is 8.09. The Morgan fingerprint density at radius 2 is 1.82 bits per heavy atom. The number of thioether (sulfide) groups is 1. The Kier molecular flexibility index (Phi) is 6.68. The molecule has 1 aromatic rings. The lowest BCUT2D eigenvalue weighted by Crippen LogP contribution is -2.05. The van der Waals surface area contributed by atoms with Crippen molar-refractivity contribution in [3.8, 4) is 0 Å². The molecule has 0 fully saturated rings. The van der Waals surface area contributed by atoms with Gasteiger partial charge in [0.1, 0.15) is 0 Å². The van der Waals surface area contributed by atoms with Gasteiger partial charge in [-0.05, 0) is 37.8 Å². The zero-order chi connectivity index (χ0) is 12.7. The number of hydrogen-bond donors (Lipinski definition) is 0. The van der Waals surface area contributed by atoms with Crippen LogP contribution in [-0.4, -0.2) is 18.5 Å². The molecule has 0 atom stereocenters. The summed E-state index contributed by atoms with van der Waals surface area (Å²) in [6.45, 7) is 9.53. The predicted octanol–water partition coefficient (Wildman–Crippen LogP) is 4.40. The van der Waals surface area contributed by atoms with Crippen LogP contribution in [0.15, 0.2) is 29.2 Å². The van der Waals surface area contributed by atoms with E-state index in [1.807, 2.05) is 11.8 Å². The van der Waals surface area contributed by atoms with Gasteiger partial charge in [0.2, 0.25) is 0 Å². The summed E-state index contributed by atoms with van der Waals surface area (Å²) >= 11 is 1.91. The molecule has 0 aromatic heterocycles. The summed E-state index contributed by atoms with van der Waals surface area (Å²) in [4.78, 5) is 1.41. The highest BCUT2D eigenvalue weighted by Gasteiger charge is 2.04. The maximum absolute atomic E-state index is 5.56. The molecule has 0 heterocycles. The number of ether oxygens (including phenoxy) is 1. The quantitative estimate of drug-likeness (QED) is 0.525. The Bertz CT molecular complexity index is 320. The van der Waals surface area contributed by atoms with Crippen LogP contribution in [-0.2, 0) is 11.2 Å². The van der Waals surface area contributed by atoms with Gasteiger partial charge in [0.25, 0.3) is 0 Å². The molecule has 0 saturated heterocycles. The van der Waals surface area contributed by atoms with Crippen LogP contribution in [0.5, 0.6) is 0 Å². The summed E-state index contributed by atoms with van der Waals surface area (Å²) in [5.41, 5.74) is 1.47. The van der Waals surface area contributed by atoms with Crippen LogP contribution in [0.1, 0.15) is 33.3 Å². The van der Waals surface area contributed by atoms with Crippen molar-refractivity contribution in [2.24, 2.45) is 5.92 Å². The second kappa shape index (κ2) is 7.78. The lowest BCUT2D eigenvalue weighted by atomic mass is 10.0. The fourth-order valence-electron chi connectivity index (χ4n) is 1.69. The van der Waals surface area contributed by atoms with Crippen molar-refractivity contribution in [2.75, 3.05) is 12.4 Å². The van der Waals surface area contributed by atoms with Gasteiger partial charge in [0.05, 0.1) is 12.7 Å². The number of hydrogen-bond acceptors (Lipinski definition) is 2. The topological polar surface area (TPSA) is 9.23 Å². The van der Waals surface area contributed by atoms with Crippen LogP contribution in [0, 0.1) is 5.92 Å². The highest BCUT2D eigenvalue weighted by Crippen LogP contribution is 2.24. The van der Waals surface area contributed by atoms with Gasteiger partial charge < -0.3 is 4.74 Å². The molecule has 0 aliphatic heterocycles. The van der Waals surface area contributed by atoms with Crippen LogP contribution >= 0.6 is 11.8 Å². The Labute approximate surface area is 110 Å². The van der Waals surface area contributed by atoms with Gasteiger partial charge >= 0.3 is 0 Å². The molecule has 17 heavy (non-hydrogen) atoms. The molecule has 0 radical (unpaired) electrons. The van der Waals surface area contributed by atoms with Gasteiger partial charge in [-0.25, -0.2) is 0 Å². The molecule has 2 heteroatoms. The van der Waals surface area contributed by atoms with Crippen molar-refractivity contribution in [3.05, 3.63) is 29.8 Å². The molecule has 0 saturated carbocycles. The minimum absolute atomic E-state index is 0.335. The second-order valence-electron chi connectivity index (χ2n) is 4.97. The van der Waals surface area contributed by atoms with Gasteiger partial charge in [0.15, 0.2) is 0 Å². The molecule has 0 aliphatic carbocycles. The SMILES string of the molecule is CC(C)Cc1ccccc1SCCOC(C)C. The third-order valence-electron chi connectivity index (χ3n) is 2.39. The van der Waals surface area contributed by atoms with E-state index in [-0.39, 0.29) is 0 Å². The number of benzene rings is 1. The van der Waals surface area contributed by atoms with Crippen LogP contribution in [0.3, 0.4) is 0 Å². The van der Waals surface area contributed by atoms with Crippen molar-refractivity contribution in [2.45, 2.75) is 45.1 Å². The molecular formula is C15H24OS. The minimum atomic E-state index is 0.335. The van der Waals surface area contributed by atoms with E-state index in [9.17, 15) is 0 Å². The summed E-state index contributed by atoms with van der Waals surface area (Å²) in [7, 11) is 0. The first-order valence-corrected chi connectivity index (χ1v) is 7.40. The number of rotatable bonds is 7. The van der Waals surface area contributed by atoms with E-state index >= 15 is 0 Å². The molecule has 0 amide bonds. The van der Waals surface area contributed by atoms with Crippen molar-refractivity contribution in [3.63, 3.8) is 0 Å². The van der Waals surface area contributed by atoms with Gasteiger partial charge in [-0.2, -0.15) is 0 Å². The predicted molar refractivity (Wildman–Crippen MR) is 76.8 cm³/mol. The summed E-state index contributed by atoms with van der Waals surface area (Å²) in [5.74, 6) is 1.75. The van der Waals surface area contributed by atoms with Gasteiger partial charge in [-0.15, -0.1) is 11.8 Å². The maximum atomic E-state index is 5.56. The van der Waals surface area contributed by atoms with E-state index in [1.165, 1.54) is 10.5 Å². The lowest BCUT2D eigenvalue weighted by molar-refractivity contribution is 0.0920. The summed E-state index contributed by atoms with van der Waals surface area (Å²) in [5, 5.41) is 0. The van der Waals surface area contributed by atoms with E-state index in [2.05, 4.69) is 52.0 Å². The van der Waals surface area contributed by atoms with E-state index in [0.29, 0.717) is 12.0 Å². The summed E-state index contributed by atoms with van der Waals surface area (Å²) < 4.78 is 5.56. The van der Waals surface area contributed by atoms with Crippen LogP contribution in [0.4, 0.5) is 0 Å². The van der Waals surface area contributed by atoms with E-state index in [4.69, 9.17) is 4.74 Å². The minimum Gasteiger partial charge on any atom is -0.378 e. The van der Waals surface area contributed by atoms with Gasteiger partial charge in [0, 0.05) is 10.6 Å². The van der Waals surface area contributed by atoms with Gasteiger partial charge in [-0.3, -0.25) is 0 Å². The van der Waals surface area contributed by atoms with Crippen molar-refractivity contribution in [1.29, 1.82) is 0 Å². The summed E-state index contributed by atoms with van der Waals surface area (Å²) in [6.07, 6.45) is 1.50. The Morgan fingerprint density at radius 1 is 1.12 bits per heavy atom. The highest BCUT2D eigenvalue weighted by atomic mass is 32.2. The maximum Gasteiger partial charge on any atom is 0.0563 e. The van der Waals surface area contributed by atoms with Crippen molar-refractivity contribution < 1.29 is 4.74 Å². The molecular weight excluding hydrogens is 228 g/mol. The van der Waals surface area contributed by atoms with E-state index in [1.54, 1.807) is 0 Å². The lowest BCUT2D eigenvalue weighted by Gasteiger charge is -2.12. The molecule has 0 unspecified atom stereocenters. The smallest absolute Gasteiger partial charge is 0.0563 e. The fourth-order valence-corrected chi connectivity index (χ4v) is 2.60. The van der Waals surface area contributed by atoms with Crippen LogP contribution in [0.25, 0.3) is 0 Å². The molecule has 0 bridgehead atoms. The Hall–Kier alpha value is -0.470. The van der Waals surface area contributed by atoms with Crippen LogP contribution in [0.2, 0.25) is 0 Å². The molecule has 0 N–H and O–H groups in total. The molecule has 1 aromatic carbocycles. The van der Waals surface area contributed by atoms with Crippen LogP contribution < -0.4 is 0 Å². The van der Waals surface area contributed by atoms with E-state index < -0.39 is 0 Å². The average molecular weight is 252 g/mol.